The number of methoxy groups -OCH3 is 1. The molecule has 0 saturated carbocycles. The highest BCUT2D eigenvalue weighted by Gasteiger charge is 2.44. The topological polar surface area (TPSA) is 96.8 Å². The van der Waals surface area contributed by atoms with Crippen LogP contribution in [-0.2, 0) is 12.6 Å². The maximum Gasteiger partial charge on any atom is 0.435 e. The molecule has 0 radical (unpaired) electrons. The largest absolute Gasteiger partial charge is 0.497 e. The van der Waals surface area contributed by atoms with Gasteiger partial charge >= 0.3 is 6.18 Å². The number of hydrogen-bond donors (Lipinski definition) is 1. The minimum atomic E-state index is -4.85. The third-order valence-corrected chi connectivity index (χ3v) is 7.71. The third-order valence-electron chi connectivity index (χ3n) is 7.71. The molecule has 0 aliphatic carbocycles. The van der Waals surface area contributed by atoms with E-state index in [-0.39, 0.29) is 47.4 Å². The van der Waals surface area contributed by atoms with E-state index in [1.54, 1.807) is 38.4 Å². The molecule has 234 valence electrons. The number of carbonyl (C=O) groups excluding carboxylic acids is 3. The first-order valence-corrected chi connectivity index (χ1v) is 14.3. The number of amides is 3. The number of fused-ring (bicyclic) bond motifs is 1. The first-order valence-electron chi connectivity index (χ1n) is 14.3. The van der Waals surface area contributed by atoms with E-state index < -0.39 is 23.7 Å². The molecule has 3 aromatic carbocycles. The van der Waals surface area contributed by atoms with Gasteiger partial charge in [-0.1, -0.05) is 37.3 Å². The van der Waals surface area contributed by atoms with Gasteiger partial charge in [0.1, 0.15) is 11.4 Å². The first kappa shape index (κ1) is 31.3. The van der Waals surface area contributed by atoms with E-state index in [2.05, 4.69) is 10.4 Å². The van der Waals surface area contributed by atoms with Crippen molar-refractivity contribution in [2.45, 2.75) is 32.0 Å². The predicted molar refractivity (Wildman–Crippen MR) is 162 cm³/mol. The highest BCUT2D eigenvalue weighted by Crippen LogP contribution is 2.38. The number of carbonyl (C=O) groups is 3. The Morgan fingerprint density at radius 2 is 1.73 bits per heavy atom. The quantitative estimate of drug-likeness (QED) is 0.274. The van der Waals surface area contributed by atoms with E-state index in [1.165, 1.54) is 35.1 Å². The number of nitrogens with zero attached hydrogens (tertiary/aromatic N) is 4. The van der Waals surface area contributed by atoms with Gasteiger partial charge in [0.25, 0.3) is 17.7 Å². The monoisotopic (exact) mass is 619 g/mol. The van der Waals surface area contributed by atoms with Crippen molar-refractivity contribution in [2.24, 2.45) is 0 Å². The van der Waals surface area contributed by atoms with Crippen LogP contribution in [0.5, 0.6) is 5.75 Å². The molecule has 4 aromatic rings. The molecule has 0 fully saturated rings. The van der Waals surface area contributed by atoms with Gasteiger partial charge in [-0.05, 0) is 60.9 Å². The van der Waals surface area contributed by atoms with Crippen molar-refractivity contribution in [1.29, 1.82) is 0 Å². The number of nitrogens with one attached hydrogen (secondary N) is 1. The molecule has 3 amide bonds. The van der Waals surface area contributed by atoms with E-state index >= 15 is 0 Å². The van der Waals surface area contributed by atoms with Gasteiger partial charge in [-0.15, -0.1) is 0 Å². The lowest BCUT2D eigenvalue weighted by molar-refractivity contribution is -0.141. The minimum Gasteiger partial charge on any atom is -0.497 e. The molecule has 1 atom stereocenters. The molecule has 0 bridgehead atoms. The second-order valence-corrected chi connectivity index (χ2v) is 10.8. The van der Waals surface area contributed by atoms with Crippen molar-refractivity contribution in [3.63, 3.8) is 0 Å². The van der Waals surface area contributed by atoms with Crippen LogP contribution in [0.15, 0.2) is 72.8 Å². The molecule has 0 saturated heterocycles. The molecule has 1 aliphatic rings. The maximum atomic E-state index is 14.3. The Morgan fingerprint density at radius 3 is 2.33 bits per heavy atom. The average molecular weight is 620 g/mol. The van der Waals surface area contributed by atoms with Gasteiger partial charge in [-0.25, -0.2) is 4.68 Å². The number of halogens is 3. The molecule has 1 aromatic heterocycles. The second-order valence-electron chi connectivity index (χ2n) is 10.8. The number of aromatic nitrogens is 2. The summed E-state index contributed by atoms with van der Waals surface area (Å²) < 4.78 is 49.1. The van der Waals surface area contributed by atoms with Crippen LogP contribution in [-0.4, -0.2) is 60.2 Å². The Bertz CT molecular complexity index is 1730. The fourth-order valence-electron chi connectivity index (χ4n) is 5.40. The number of benzene rings is 3. The fraction of sp³-hybridized carbons (Fsp3) is 0.273. The lowest BCUT2D eigenvalue weighted by Gasteiger charge is -2.28. The summed E-state index contributed by atoms with van der Waals surface area (Å²) in [5.41, 5.74) is -0.0912. The molecule has 9 nitrogen and oxygen atoms in total. The number of anilines is 1. The van der Waals surface area contributed by atoms with Crippen LogP contribution in [0, 0.1) is 0 Å². The van der Waals surface area contributed by atoms with Crippen LogP contribution < -0.4 is 15.0 Å². The first-order chi connectivity index (χ1) is 21.4. The van der Waals surface area contributed by atoms with Crippen molar-refractivity contribution in [2.75, 3.05) is 32.6 Å². The Kier molecular flexibility index (Phi) is 8.67. The molecule has 2 heterocycles. The van der Waals surface area contributed by atoms with Gasteiger partial charge < -0.3 is 19.9 Å². The lowest BCUT2D eigenvalue weighted by atomic mass is 10.0. The summed E-state index contributed by atoms with van der Waals surface area (Å²) in [6, 6.07) is 19.5. The van der Waals surface area contributed by atoms with E-state index in [9.17, 15) is 27.6 Å². The van der Waals surface area contributed by atoms with Crippen LogP contribution in [0.1, 0.15) is 67.4 Å². The van der Waals surface area contributed by atoms with Crippen LogP contribution in [0.25, 0.3) is 5.69 Å². The Labute approximate surface area is 258 Å². The van der Waals surface area contributed by atoms with Gasteiger partial charge in [0, 0.05) is 37.5 Å². The lowest BCUT2D eigenvalue weighted by Crippen LogP contribution is -2.39. The third kappa shape index (κ3) is 6.13. The summed E-state index contributed by atoms with van der Waals surface area (Å²) in [7, 11) is 4.64. The number of ether oxygens (including phenoxy) is 1. The summed E-state index contributed by atoms with van der Waals surface area (Å²) in [4.78, 5) is 42.9. The zero-order valence-electron chi connectivity index (χ0n) is 25.2. The van der Waals surface area contributed by atoms with Crippen LogP contribution in [0.2, 0.25) is 0 Å². The van der Waals surface area contributed by atoms with Gasteiger partial charge in [0.2, 0.25) is 0 Å². The van der Waals surface area contributed by atoms with Crippen molar-refractivity contribution >= 4 is 23.4 Å². The zero-order chi connectivity index (χ0) is 32.5. The number of hydrogen-bond acceptors (Lipinski definition) is 5. The van der Waals surface area contributed by atoms with Crippen molar-refractivity contribution in [3.05, 3.63) is 106 Å². The van der Waals surface area contributed by atoms with Crippen LogP contribution >= 0.6 is 0 Å². The molecule has 12 heteroatoms. The zero-order valence-corrected chi connectivity index (χ0v) is 25.2. The molecule has 1 aliphatic heterocycles. The van der Waals surface area contributed by atoms with Crippen molar-refractivity contribution in [3.8, 4) is 11.4 Å². The molecular weight excluding hydrogens is 587 g/mol. The normalized spacial score (nSPS) is 13.7. The van der Waals surface area contributed by atoms with Crippen molar-refractivity contribution < 1.29 is 32.3 Å². The van der Waals surface area contributed by atoms with Crippen molar-refractivity contribution in [1.82, 2.24) is 20.0 Å². The molecule has 0 spiro atoms. The van der Waals surface area contributed by atoms with E-state index in [0.29, 0.717) is 23.4 Å². The Morgan fingerprint density at radius 1 is 1.04 bits per heavy atom. The summed E-state index contributed by atoms with van der Waals surface area (Å²) in [6.45, 7) is 1.87. The van der Waals surface area contributed by atoms with Gasteiger partial charge in [0.05, 0.1) is 24.4 Å². The van der Waals surface area contributed by atoms with Gasteiger partial charge in [-0.3, -0.25) is 14.4 Å². The van der Waals surface area contributed by atoms with Crippen LogP contribution in [0.3, 0.4) is 0 Å². The highest BCUT2D eigenvalue weighted by atomic mass is 19.4. The highest BCUT2D eigenvalue weighted by molar-refractivity contribution is 6.08. The summed E-state index contributed by atoms with van der Waals surface area (Å²) in [5, 5.41) is 6.86. The standard InChI is InChI=1S/C33H32F3N5O4/c1-5-26(20-9-7-6-8-10-20)37-30(42)25-19-23(45-4)15-16-27(25)41-28-24(29(38-41)33(34,35)36)17-18-40(32(28)44)22-13-11-21(12-14-22)31(43)39(2)3/h6-16,19,26H,5,17-18H2,1-4H3,(H,37,42)/t26-/m1/s1. The SMILES string of the molecule is CC[C@@H](NC(=O)c1cc(OC)ccc1-n1nc(C(F)(F)F)c2c1C(=O)N(c1ccc(C(=O)N(C)C)cc1)CC2)c1ccccc1. The number of rotatable bonds is 8. The maximum absolute atomic E-state index is 14.3. The predicted octanol–water partition coefficient (Wildman–Crippen LogP) is 5.69. The minimum absolute atomic E-state index is 0.00917. The van der Waals surface area contributed by atoms with E-state index in [0.717, 1.165) is 10.2 Å². The van der Waals surface area contributed by atoms with Gasteiger partial charge in [0.15, 0.2) is 5.69 Å². The average Bonchev–Trinajstić information content (AvgIpc) is 3.45. The van der Waals surface area contributed by atoms with Crippen LogP contribution in [0.4, 0.5) is 18.9 Å². The molecular formula is C33H32F3N5O4. The molecule has 45 heavy (non-hydrogen) atoms. The van der Waals surface area contributed by atoms with Gasteiger partial charge in [-0.2, -0.15) is 18.3 Å². The Balaban J connectivity index is 1.60. The van der Waals surface area contributed by atoms with E-state index in [4.69, 9.17) is 4.74 Å². The van der Waals surface area contributed by atoms with E-state index in [1.807, 2.05) is 37.3 Å². The second kappa shape index (κ2) is 12.5. The summed E-state index contributed by atoms with van der Waals surface area (Å²) in [5.74, 6) is -1.22. The summed E-state index contributed by atoms with van der Waals surface area (Å²) >= 11 is 0. The summed E-state index contributed by atoms with van der Waals surface area (Å²) in [6.07, 6.45) is -4.42. The fourth-order valence-corrected chi connectivity index (χ4v) is 5.40. The number of alkyl halides is 3. The molecule has 5 rings (SSSR count). The molecule has 0 unspecified atom stereocenters. The Hall–Kier alpha value is -5.13. The molecule has 1 N–H and O–H groups in total. The smallest absolute Gasteiger partial charge is 0.435 e.